The van der Waals surface area contributed by atoms with Crippen molar-refractivity contribution in [3.63, 3.8) is 0 Å². The first-order chi connectivity index (χ1) is 16.4. The summed E-state index contributed by atoms with van der Waals surface area (Å²) in [5.74, 6) is 0.328. The van der Waals surface area contributed by atoms with E-state index in [4.69, 9.17) is 4.52 Å². The molecule has 0 atom stereocenters. The fourth-order valence-corrected chi connectivity index (χ4v) is 3.79. The first-order valence-electron chi connectivity index (χ1n) is 10.8. The summed E-state index contributed by atoms with van der Waals surface area (Å²) in [6.45, 7) is 5.61. The number of fused-ring (bicyclic) bond motifs is 1. The molecule has 0 spiro atoms. The molecule has 9 nitrogen and oxygen atoms in total. The van der Waals surface area contributed by atoms with Gasteiger partial charge in [0.2, 0.25) is 11.7 Å². The molecule has 34 heavy (non-hydrogen) atoms. The monoisotopic (exact) mass is 454 g/mol. The van der Waals surface area contributed by atoms with Crippen molar-refractivity contribution in [1.82, 2.24) is 24.3 Å². The highest BCUT2D eigenvalue weighted by molar-refractivity contribution is 5.92. The summed E-state index contributed by atoms with van der Waals surface area (Å²) in [6, 6.07) is 17.0. The standard InChI is InChI=1S/C25H22N6O3/c1-15-9-11-18(12-10-15)22-27-24(34-29-22)19-8-5-13-30-23(19)28-31(25(30)33)14-20(32)26-21-16(2)6-4-7-17(21)3/h4-13H,14H2,1-3H3,(H,26,32). The zero-order valence-corrected chi connectivity index (χ0v) is 18.9. The summed E-state index contributed by atoms with van der Waals surface area (Å²) in [5, 5.41) is 11.3. The highest BCUT2D eigenvalue weighted by Gasteiger charge is 2.19. The first kappa shape index (κ1) is 21.3. The third-order valence-electron chi connectivity index (χ3n) is 5.61. The average Bonchev–Trinajstić information content (AvgIpc) is 3.42. The van der Waals surface area contributed by atoms with Gasteiger partial charge < -0.3 is 9.84 Å². The number of benzene rings is 2. The maximum atomic E-state index is 12.9. The Balaban J connectivity index is 1.46. The van der Waals surface area contributed by atoms with Crippen molar-refractivity contribution in [3.8, 4) is 22.8 Å². The van der Waals surface area contributed by atoms with Gasteiger partial charge in [0.15, 0.2) is 5.65 Å². The van der Waals surface area contributed by atoms with Gasteiger partial charge in [-0.3, -0.25) is 4.79 Å². The molecule has 3 aromatic heterocycles. The van der Waals surface area contributed by atoms with E-state index in [1.54, 1.807) is 18.3 Å². The van der Waals surface area contributed by atoms with Crippen molar-refractivity contribution in [2.75, 3.05) is 5.32 Å². The number of para-hydroxylation sites is 1. The normalized spacial score (nSPS) is 11.1. The topological polar surface area (TPSA) is 107 Å². The lowest BCUT2D eigenvalue weighted by Crippen LogP contribution is -2.28. The first-order valence-corrected chi connectivity index (χ1v) is 10.8. The molecule has 1 N–H and O–H groups in total. The molecule has 3 heterocycles. The summed E-state index contributed by atoms with van der Waals surface area (Å²) < 4.78 is 7.96. The smallest absolute Gasteiger partial charge is 0.333 e. The van der Waals surface area contributed by atoms with E-state index in [1.807, 2.05) is 63.2 Å². The number of carbonyl (C=O) groups excluding carboxylic acids is 1. The third-order valence-corrected chi connectivity index (χ3v) is 5.61. The van der Waals surface area contributed by atoms with Crippen molar-refractivity contribution in [2.45, 2.75) is 27.3 Å². The van der Waals surface area contributed by atoms with Gasteiger partial charge in [0.1, 0.15) is 6.54 Å². The van der Waals surface area contributed by atoms with Crippen LogP contribution in [-0.2, 0) is 11.3 Å². The van der Waals surface area contributed by atoms with Gasteiger partial charge in [-0.15, -0.1) is 5.10 Å². The molecule has 0 saturated heterocycles. The van der Waals surface area contributed by atoms with Crippen molar-refractivity contribution >= 4 is 17.2 Å². The molecule has 1 amide bonds. The summed E-state index contributed by atoms with van der Waals surface area (Å²) in [5.41, 5.74) is 4.96. The van der Waals surface area contributed by atoms with E-state index in [0.717, 1.165) is 32.6 Å². The third kappa shape index (κ3) is 3.88. The van der Waals surface area contributed by atoms with Crippen LogP contribution in [0.25, 0.3) is 28.5 Å². The van der Waals surface area contributed by atoms with Crippen LogP contribution >= 0.6 is 0 Å². The van der Waals surface area contributed by atoms with E-state index in [-0.39, 0.29) is 18.3 Å². The minimum Gasteiger partial charge on any atom is -0.333 e. The predicted molar refractivity (Wildman–Crippen MR) is 127 cm³/mol. The van der Waals surface area contributed by atoms with Crippen molar-refractivity contribution in [2.24, 2.45) is 0 Å². The molecule has 9 heteroatoms. The summed E-state index contributed by atoms with van der Waals surface area (Å²) in [4.78, 5) is 30.1. The molecule has 0 saturated carbocycles. The zero-order chi connectivity index (χ0) is 23.8. The number of nitrogens with one attached hydrogen (secondary N) is 1. The van der Waals surface area contributed by atoms with Gasteiger partial charge in [-0.25, -0.2) is 13.9 Å². The molecular formula is C25H22N6O3. The largest absolute Gasteiger partial charge is 0.350 e. The summed E-state index contributed by atoms with van der Waals surface area (Å²) >= 11 is 0. The van der Waals surface area contributed by atoms with Gasteiger partial charge >= 0.3 is 5.69 Å². The minimum absolute atomic E-state index is 0.230. The van der Waals surface area contributed by atoms with E-state index in [0.29, 0.717) is 17.0 Å². The molecule has 2 aromatic carbocycles. The molecule has 0 radical (unpaired) electrons. The SMILES string of the molecule is Cc1ccc(-c2noc(-c3cccn4c(=O)n(CC(=O)Nc5c(C)cccc5C)nc34)n2)cc1. The molecule has 0 aliphatic rings. The van der Waals surface area contributed by atoms with Crippen LogP contribution in [0.15, 0.2) is 70.1 Å². The second-order valence-electron chi connectivity index (χ2n) is 8.16. The number of aromatic nitrogens is 5. The van der Waals surface area contributed by atoms with E-state index >= 15 is 0 Å². The van der Waals surface area contributed by atoms with Gasteiger partial charge in [0.05, 0.1) is 5.56 Å². The Morgan fingerprint density at radius 3 is 2.47 bits per heavy atom. The average molecular weight is 454 g/mol. The Labute approximate surface area is 194 Å². The molecule has 0 bridgehead atoms. The van der Waals surface area contributed by atoms with Gasteiger partial charge in [-0.1, -0.05) is 53.2 Å². The van der Waals surface area contributed by atoms with Crippen LogP contribution < -0.4 is 11.0 Å². The van der Waals surface area contributed by atoms with E-state index in [1.165, 1.54) is 4.40 Å². The molecule has 0 aliphatic heterocycles. The van der Waals surface area contributed by atoms with Crippen LogP contribution in [-0.4, -0.2) is 30.2 Å². The second kappa shape index (κ2) is 8.43. The Kier molecular flexibility index (Phi) is 5.29. The number of anilines is 1. The minimum atomic E-state index is -0.438. The molecule has 5 aromatic rings. The lowest BCUT2D eigenvalue weighted by molar-refractivity contribution is -0.117. The number of nitrogens with zero attached hydrogens (tertiary/aromatic N) is 5. The number of pyridine rings is 1. The Bertz CT molecular complexity index is 1560. The van der Waals surface area contributed by atoms with Gasteiger partial charge in [0.25, 0.3) is 5.89 Å². The van der Waals surface area contributed by atoms with Gasteiger partial charge in [-0.05, 0) is 44.0 Å². The lowest BCUT2D eigenvalue weighted by Gasteiger charge is -2.10. The molecule has 0 unspecified atom stereocenters. The molecule has 0 fully saturated rings. The maximum Gasteiger partial charge on any atom is 0.350 e. The van der Waals surface area contributed by atoms with E-state index in [9.17, 15) is 9.59 Å². The van der Waals surface area contributed by atoms with Crippen LogP contribution in [0.2, 0.25) is 0 Å². The number of hydrogen-bond acceptors (Lipinski definition) is 6. The van der Waals surface area contributed by atoms with Gasteiger partial charge in [-0.2, -0.15) is 4.98 Å². The Morgan fingerprint density at radius 2 is 1.74 bits per heavy atom. The van der Waals surface area contributed by atoms with Gasteiger partial charge in [0, 0.05) is 17.4 Å². The Morgan fingerprint density at radius 1 is 1.00 bits per heavy atom. The van der Waals surface area contributed by atoms with Crippen LogP contribution in [0.5, 0.6) is 0 Å². The van der Waals surface area contributed by atoms with Crippen molar-refractivity contribution in [3.05, 3.63) is 88.0 Å². The van der Waals surface area contributed by atoms with E-state index < -0.39 is 5.69 Å². The van der Waals surface area contributed by atoms with Crippen molar-refractivity contribution < 1.29 is 9.32 Å². The predicted octanol–water partition coefficient (Wildman–Crippen LogP) is 3.78. The highest BCUT2D eigenvalue weighted by atomic mass is 16.5. The number of aryl methyl sites for hydroxylation is 3. The lowest BCUT2D eigenvalue weighted by atomic mass is 10.1. The number of rotatable bonds is 5. The molecule has 0 aliphatic carbocycles. The van der Waals surface area contributed by atoms with Crippen LogP contribution in [0.1, 0.15) is 16.7 Å². The highest BCUT2D eigenvalue weighted by Crippen LogP contribution is 2.25. The summed E-state index contributed by atoms with van der Waals surface area (Å²) in [7, 11) is 0. The number of hydrogen-bond donors (Lipinski definition) is 1. The molecular weight excluding hydrogens is 432 g/mol. The van der Waals surface area contributed by atoms with Crippen LogP contribution in [0.4, 0.5) is 5.69 Å². The van der Waals surface area contributed by atoms with E-state index in [2.05, 4.69) is 20.6 Å². The zero-order valence-electron chi connectivity index (χ0n) is 18.9. The van der Waals surface area contributed by atoms with Crippen LogP contribution in [0, 0.1) is 20.8 Å². The maximum absolute atomic E-state index is 12.9. The fraction of sp³-hybridized carbons (Fsp3) is 0.160. The number of carbonyl (C=O) groups is 1. The summed E-state index contributed by atoms with van der Waals surface area (Å²) in [6.07, 6.45) is 1.59. The fourth-order valence-electron chi connectivity index (χ4n) is 3.79. The quantitative estimate of drug-likeness (QED) is 0.433. The second-order valence-corrected chi connectivity index (χ2v) is 8.16. The van der Waals surface area contributed by atoms with Crippen molar-refractivity contribution in [1.29, 1.82) is 0 Å². The Hall–Kier alpha value is -4.53. The molecule has 170 valence electrons. The molecule has 5 rings (SSSR count). The van der Waals surface area contributed by atoms with Crippen LogP contribution in [0.3, 0.4) is 0 Å². The number of amides is 1.